The van der Waals surface area contributed by atoms with E-state index in [9.17, 15) is 27.6 Å². The maximum Gasteiger partial charge on any atom is 0.441 e. The third kappa shape index (κ3) is 5.33. The van der Waals surface area contributed by atoms with Crippen LogP contribution in [0.1, 0.15) is 34.6 Å². The monoisotopic (exact) mass is 438 g/mol. The molecule has 0 bridgehead atoms. The molecule has 166 valence electrons. The SMILES string of the molecule is CCOC(=O)C(NC(=O)c1ccc(OC)cc1)(Nc1ccc(C(C)=O)cc1)C(F)(F)F. The van der Waals surface area contributed by atoms with Crippen LogP contribution in [0.15, 0.2) is 48.5 Å². The highest BCUT2D eigenvalue weighted by atomic mass is 19.4. The number of halogens is 3. The summed E-state index contributed by atoms with van der Waals surface area (Å²) in [6, 6.07) is 10.3. The first-order valence-electron chi connectivity index (χ1n) is 9.13. The Balaban J connectivity index is 2.47. The largest absolute Gasteiger partial charge is 0.497 e. The van der Waals surface area contributed by atoms with Crippen LogP contribution in [0.4, 0.5) is 18.9 Å². The van der Waals surface area contributed by atoms with E-state index in [1.54, 1.807) is 5.32 Å². The number of amides is 1. The highest BCUT2D eigenvalue weighted by Crippen LogP contribution is 2.33. The van der Waals surface area contributed by atoms with Gasteiger partial charge in [-0.25, -0.2) is 4.79 Å². The number of esters is 1. The molecule has 10 heteroatoms. The lowest BCUT2D eigenvalue weighted by molar-refractivity contribution is -0.204. The summed E-state index contributed by atoms with van der Waals surface area (Å²) < 4.78 is 52.1. The van der Waals surface area contributed by atoms with Gasteiger partial charge >= 0.3 is 17.8 Å². The van der Waals surface area contributed by atoms with Crippen molar-refractivity contribution < 1.29 is 37.0 Å². The van der Waals surface area contributed by atoms with Gasteiger partial charge in [-0.1, -0.05) is 0 Å². The first kappa shape index (κ1) is 23.7. The van der Waals surface area contributed by atoms with E-state index in [4.69, 9.17) is 4.74 Å². The predicted molar refractivity (Wildman–Crippen MR) is 106 cm³/mol. The van der Waals surface area contributed by atoms with Gasteiger partial charge in [-0.15, -0.1) is 0 Å². The number of methoxy groups -OCH3 is 1. The molecule has 0 aliphatic heterocycles. The van der Waals surface area contributed by atoms with Crippen molar-refractivity contribution in [3.05, 3.63) is 59.7 Å². The summed E-state index contributed by atoms with van der Waals surface area (Å²) in [6.07, 6.45) is -5.28. The number of anilines is 1. The molecular weight excluding hydrogens is 417 g/mol. The Labute approximate surface area is 176 Å². The molecule has 7 nitrogen and oxygen atoms in total. The van der Waals surface area contributed by atoms with E-state index in [-0.39, 0.29) is 29.2 Å². The normalized spacial score (nSPS) is 13.0. The zero-order valence-corrected chi connectivity index (χ0v) is 17.0. The summed E-state index contributed by atoms with van der Waals surface area (Å²) >= 11 is 0. The van der Waals surface area contributed by atoms with Gasteiger partial charge in [0.25, 0.3) is 5.91 Å². The first-order chi connectivity index (χ1) is 14.5. The van der Waals surface area contributed by atoms with E-state index in [0.29, 0.717) is 5.75 Å². The average molecular weight is 438 g/mol. The van der Waals surface area contributed by atoms with Crippen molar-refractivity contribution in [3.63, 3.8) is 0 Å². The predicted octanol–water partition coefficient (Wildman–Crippen LogP) is 3.56. The van der Waals surface area contributed by atoms with Gasteiger partial charge in [0.05, 0.1) is 13.7 Å². The van der Waals surface area contributed by atoms with Gasteiger partial charge in [0.1, 0.15) is 5.75 Å². The number of carbonyl (C=O) groups excluding carboxylic acids is 3. The molecule has 2 aromatic carbocycles. The Morgan fingerprint density at radius 3 is 1.94 bits per heavy atom. The van der Waals surface area contributed by atoms with Crippen molar-refractivity contribution in [2.45, 2.75) is 25.7 Å². The highest BCUT2D eigenvalue weighted by Gasteiger charge is 2.63. The Kier molecular flexibility index (Phi) is 7.27. The number of rotatable bonds is 8. The molecule has 0 saturated heterocycles. The first-order valence-corrected chi connectivity index (χ1v) is 9.13. The van der Waals surface area contributed by atoms with Crippen LogP contribution >= 0.6 is 0 Å². The molecule has 0 radical (unpaired) electrons. The fourth-order valence-electron chi connectivity index (χ4n) is 2.62. The molecular formula is C21H21F3N2O5. The van der Waals surface area contributed by atoms with E-state index in [2.05, 4.69) is 4.74 Å². The summed E-state index contributed by atoms with van der Waals surface area (Å²) in [7, 11) is 1.39. The second-order valence-corrected chi connectivity index (χ2v) is 6.41. The molecule has 2 rings (SSSR count). The van der Waals surface area contributed by atoms with E-state index in [1.807, 2.05) is 5.32 Å². The van der Waals surface area contributed by atoms with Gasteiger partial charge < -0.3 is 20.1 Å². The Morgan fingerprint density at radius 2 is 1.48 bits per heavy atom. The van der Waals surface area contributed by atoms with Gasteiger partial charge in [-0.2, -0.15) is 13.2 Å². The van der Waals surface area contributed by atoms with Crippen LogP contribution in [-0.4, -0.2) is 43.2 Å². The minimum atomic E-state index is -5.28. The van der Waals surface area contributed by atoms with Crippen LogP contribution in [-0.2, 0) is 9.53 Å². The lowest BCUT2D eigenvalue weighted by atomic mass is 10.1. The van der Waals surface area contributed by atoms with Gasteiger partial charge in [-0.3, -0.25) is 9.59 Å². The van der Waals surface area contributed by atoms with Gasteiger partial charge in [0, 0.05) is 16.8 Å². The van der Waals surface area contributed by atoms with E-state index in [0.717, 1.165) is 0 Å². The van der Waals surface area contributed by atoms with Crippen molar-refractivity contribution in [1.82, 2.24) is 5.32 Å². The van der Waals surface area contributed by atoms with Crippen LogP contribution in [0.25, 0.3) is 0 Å². The van der Waals surface area contributed by atoms with Gasteiger partial charge in [0.15, 0.2) is 5.78 Å². The number of alkyl halides is 3. The minimum Gasteiger partial charge on any atom is -0.497 e. The second kappa shape index (κ2) is 9.50. The third-order valence-corrected chi connectivity index (χ3v) is 4.28. The zero-order chi connectivity index (χ0) is 23.2. The standard InChI is InChI=1S/C21H21F3N2O5/c1-4-31-19(29)20(21(22,23)24,25-16-9-5-14(6-10-16)13(2)27)26-18(28)15-7-11-17(30-3)12-8-15/h5-12,25H,4H2,1-3H3,(H,26,28). The fraction of sp³-hybridized carbons (Fsp3) is 0.286. The minimum absolute atomic E-state index is 0.132. The summed E-state index contributed by atoms with van der Waals surface area (Å²) in [5, 5.41) is 3.78. The number of nitrogens with one attached hydrogen (secondary N) is 2. The third-order valence-electron chi connectivity index (χ3n) is 4.28. The second-order valence-electron chi connectivity index (χ2n) is 6.41. The molecule has 1 unspecified atom stereocenters. The summed E-state index contributed by atoms with van der Waals surface area (Å²) in [4.78, 5) is 36.5. The van der Waals surface area contributed by atoms with Gasteiger partial charge in [0.2, 0.25) is 0 Å². The number of hydrogen-bond donors (Lipinski definition) is 2. The number of hydrogen-bond acceptors (Lipinski definition) is 6. The quantitative estimate of drug-likeness (QED) is 0.372. The summed E-state index contributed by atoms with van der Waals surface area (Å²) in [6.45, 7) is 2.29. The number of ether oxygens (including phenoxy) is 2. The average Bonchev–Trinajstić information content (AvgIpc) is 2.72. The van der Waals surface area contributed by atoms with Crippen molar-refractivity contribution in [1.29, 1.82) is 0 Å². The van der Waals surface area contributed by atoms with Crippen LogP contribution in [0.3, 0.4) is 0 Å². The van der Waals surface area contributed by atoms with E-state index >= 15 is 0 Å². The van der Waals surface area contributed by atoms with Crippen LogP contribution in [0, 0.1) is 0 Å². The Hall–Kier alpha value is -3.56. The van der Waals surface area contributed by atoms with Crippen molar-refractivity contribution >= 4 is 23.3 Å². The molecule has 0 aromatic heterocycles. The fourth-order valence-corrected chi connectivity index (χ4v) is 2.62. The van der Waals surface area contributed by atoms with Gasteiger partial charge in [-0.05, 0) is 62.4 Å². The Morgan fingerprint density at radius 1 is 0.935 bits per heavy atom. The molecule has 2 aromatic rings. The topological polar surface area (TPSA) is 93.7 Å². The van der Waals surface area contributed by atoms with Crippen molar-refractivity contribution in [2.24, 2.45) is 0 Å². The molecule has 2 N–H and O–H groups in total. The molecule has 0 spiro atoms. The number of ketones is 1. The molecule has 31 heavy (non-hydrogen) atoms. The molecule has 0 aliphatic rings. The maximum absolute atomic E-state index is 14.2. The smallest absolute Gasteiger partial charge is 0.441 e. The highest BCUT2D eigenvalue weighted by molar-refractivity contribution is 5.99. The van der Waals surface area contributed by atoms with Crippen LogP contribution in [0.5, 0.6) is 5.75 Å². The van der Waals surface area contributed by atoms with E-state index in [1.165, 1.54) is 69.5 Å². The molecule has 0 saturated carbocycles. The number of benzene rings is 2. The Bertz CT molecular complexity index is 943. The van der Waals surface area contributed by atoms with Crippen LogP contribution < -0.4 is 15.4 Å². The van der Waals surface area contributed by atoms with Crippen molar-refractivity contribution in [2.75, 3.05) is 19.0 Å². The van der Waals surface area contributed by atoms with Crippen molar-refractivity contribution in [3.8, 4) is 5.75 Å². The van der Waals surface area contributed by atoms with E-state index < -0.39 is 23.7 Å². The molecule has 1 amide bonds. The molecule has 1 atom stereocenters. The molecule has 0 aliphatic carbocycles. The number of Topliss-reactive ketones (excluding diaryl/α,β-unsaturated/α-hetero) is 1. The van der Waals surface area contributed by atoms with Crippen LogP contribution in [0.2, 0.25) is 0 Å². The molecule has 0 fully saturated rings. The summed E-state index contributed by atoms with van der Waals surface area (Å²) in [5.74, 6) is -2.79. The zero-order valence-electron chi connectivity index (χ0n) is 17.0. The molecule has 0 heterocycles. The lowest BCUT2D eigenvalue weighted by Crippen LogP contribution is -2.69. The summed E-state index contributed by atoms with van der Waals surface area (Å²) in [5.41, 5.74) is -3.60. The number of carbonyl (C=O) groups is 3. The lowest BCUT2D eigenvalue weighted by Gasteiger charge is -2.35. The maximum atomic E-state index is 14.2.